The molecule has 6 nitrogen and oxygen atoms in total. The van der Waals surface area contributed by atoms with Crippen LogP contribution >= 0.6 is 27.3 Å². The summed E-state index contributed by atoms with van der Waals surface area (Å²) in [6.07, 6.45) is 5.56. The smallest absolute Gasteiger partial charge is 0.231 e. The second-order valence-corrected chi connectivity index (χ2v) is 6.64. The number of carbonyl (C=O) groups is 1. The molecule has 1 amide bonds. The minimum Gasteiger partial charge on any atom is -0.348 e. The molecule has 0 radical (unpaired) electrons. The summed E-state index contributed by atoms with van der Waals surface area (Å²) in [5.41, 5.74) is 0.926. The first-order chi connectivity index (χ1) is 10.0. The van der Waals surface area contributed by atoms with Crippen LogP contribution in [0.3, 0.4) is 0 Å². The van der Waals surface area contributed by atoms with Crippen molar-refractivity contribution in [2.45, 2.75) is 12.5 Å². The molecule has 2 aromatic rings. The first-order valence-electron chi connectivity index (χ1n) is 6.23. The van der Waals surface area contributed by atoms with Gasteiger partial charge in [-0.3, -0.25) is 20.1 Å². The topological polar surface area (TPSA) is 82.0 Å². The van der Waals surface area contributed by atoms with E-state index in [4.69, 9.17) is 5.41 Å². The van der Waals surface area contributed by atoms with Gasteiger partial charge >= 0.3 is 0 Å². The number of halogens is 1. The van der Waals surface area contributed by atoms with Crippen LogP contribution < -0.4 is 5.32 Å². The molecule has 0 unspecified atom stereocenters. The maximum atomic E-state index is 11.8. The standard InChI is InChI=1S/C13H12BrN5OS/c1-19-11(20)3-9(18-13(19)15)10-6-17-12(21-10)7-2-8(14)5-16-4-7/h2,4-6,9H,3H2,1H3,(H2,15,18)/t9-/m0/s1. The fraction of sp³-hybridized carbons (Fsp3) is 0.231. The number of hydrogen-bond donors (Lipinski definition) is 2. The molecule has 2 aromatic heterocycles. The van der Waals surface area contributed by atoms with Crippen molar-refractivity contribution in [3.63, 3.8) is 0 Å². The molecule has 0 bridgehead atoms. The molecular weight excluding hydrogens is 354 g/mol. The van der Waals surface area contributed by atoms with Gasteiger partial charge in [0.15, 0.2) is 5.96 Å². The Bertz CT molecular complexity index is 698. The lowest BCUT2D eigenvalue weighted by atomic mass is 10.1. The molecule has 1 aliphatic rings. The fourth-order valence-corrected chi connectivity index (χ4v) is 3.34. The monoisotopic (exact) mass is 365 g/mol. The zero-order valence-corrected chi connectivity index (χ0v) is 13.5. The van der Waals surface area contributed by atoms with Crippen molar-refractivity contribution in [2.24, 2.45) is 0 Å². The fourth-order valence-electron chi connectivity index (χ4n) is 2.03. The molecule has 0 aliphatic carbocycles. The summed E-state index contributed by atoms with van der Waals surface area (Å²) < 4.78 is 0.895. The molecule has 1 saturated heterocycles. The number of amides is 1. The predicted octanol–water partition coefficient (Wildman–Crippen LogP) is 2.40. The normalized spacial score (nSPS) is 18.8. The largest absolute Gasteiger partial charge is 0.348 e. The lowest BCUT2D eigenvalue weighted by Gasteiger charge is -2.30. The maximum Gasteiger partial charge on any atom is 0.231 e. The van der Waals surface area contributed by atoms with Crippen molar-refractivity contribution in [3.05, 3.63) is 34.0 Å². The van der Waals surface area contributed by atoms with Crippen molar-refractivity contribution in [1.29, 1.82) is 5.41 Å². The number of nitrogens with one attached hydrogen (secondary N) is 2. The van der Waals surface area contributed by atoms with Crippen LogP contribution in [0.5, 0.6) is 0 Å². The number of guanidine groups is 1. The quantitative estimate of drug-likeness (QED) is 0.855. The lowest BCUT2D eigenvalue weighted by molar-refractivity contribution is -0.128. The highest BCUT2D eigenvalue weighted by molar-refractivity contribution is 9.10. The second kappa shape index (κ2) is 5.53. The first-order valence-corrected chi connectivity index (χ1v) is 7.84. The Balaban J connectivity index is 1.85. The Labute approximate surface area is 133 Å². The van der Waals surface area contributed by atoms with Crippen LogP contribution in [-0.4, -0.2) is 33.8 Å². The maximum absolute atomic E-state index is 11.8. The van der Waals surface area contributed by atoms with Crippen LogP contribution in [0, 0.1) is 5.41 Å². The van der Waals surface area contributed by atoms with E-state index in [0.717, 1.165) is 19.9 Å². The van der Waals surface area contributed by atoms with E-state index in [0.29, 0.717) is 6.42 Å². The van der Waals surface area contributed by atoms with E-state index in [2.05, 4.69) is 31.2 Å². The predicted molar refractivity (Wildman–Crippen MR) is 84.0 cm³/mol. The Morgan fingerprint density at radius 2 is 2.29 bits per heavy atom. The van der Waals surface area contributed by atoms with E-state index >= 15 is 0 Å². The average Bonchev–Trinajstić information content (AvgIpc) is 2.94. The van der Waals surface area contributed by atoms with Gasteiger partial charge in [-0.1, -0.05) is 0 Å². The Kier molecular flexibility index (Phi) is 3.73. The highest BCUT2D eigenvalue weighted by Gasteiger charge is 2.29. The molecule has 1 aliphatic heterocycles. The van der Waals surface area contributed by atoms with Crippen molar-refractivity contribution in [2.75, 3.05) is 7.05 Å². The molecule has 108 valence electrons. The summed E-state index contributed by atoms with van der Waals surface area (Å²) in [6.45, 7) is 0. The van der Waals surface area contributed by atoms with Crippen LogP contribution in [0.4, 0.5) is 0 Å². The number of thiazole rings is 1. The molecule has 21 heavy (non-hydrogen) atoms. The van der Waals surface area contributed by atoms with Crippen LogP contribution in [0.25, 0.3) is 10.6 Å². The molecule has 1 fully saturated rings. The third-order valence-electron chi connectivity index (χ3n) is 3.22. The van der Waals surface area contributed by atoms with Crippen molar-refractivity contribution < 1.29 is 4.79 Å². The summed E-state index contributed by atoms with van der Waals surface area (Å²) in [5, 5.41) is 11.6. The van der Waals surface area contributed by atoms with Gasteiger partial charge in [-0.25, -0.2) is 4.98 Å². The third kappa shape index (κ3) is 2.81. The summed E-state index contributed by atoms with van der Waals surface area (Å²) in [4.78, 5) is 22.6. The molecule has 0 saturated carbocycles. The lowest BCUT2D eigenvalue weighted by Crippen LogP contribution is -2.49. The second-order valence-electron chi connectivity index (χ2n) is 4.66. The Morgan fingerprint density at radius 3 is 3.00 bits per heavy atom. The average molecular weight is 366 g/mol. The van der Waals surface area contributed by atoms with Crippen molar-refractivity contribution in [1.82, 2.24) is 20.2 Å². The number of aromatic nitrogens is 2. The molecule has 0 spiro atoms. The van der Waals surface area contributed by atoms with Gasteiger partial charge in [-0.05, 0) is 22.0 Å². The van der Waals surface area contributed by atoms with Gasteiger partial charge in [0, 0.05) is 40.6 Å². The number of hydrogen-bond acceptors (Lipinski definition) is 5. The minimum atomic E-state index is -0.187. The molecular formula is C13H12BrN5OS. The molecule has 2 N–H and O–H groups in total. The van der Waals surface area contributed by atoms with Gasteiger partial charge in [-0.15, -0.1) is 11.3 Å². The molecule has 0 aromatic carbocycles. The van der Waals surface area contributed by atoms with Gasteiger partial charge in [0.05, 0.1) is 12.5 Å². The molecule has 3 rings (SSSR count). The zero-order valence-electron chi connectivity index (χ0n) is 11.1. The Morgan fingerprint density at radius 1 is 1.48 bits per heavy atom. The van der Waals surface area contributed by atoms with Gasteiger partial charge in [0.25, 0.3) is 0 Å². The van der Waals surface area contributed by atoms with Crippen LogP contribution in [0.1, 0.15) is 17.3 Å². The number of rotatable bonds is 2. The molecule has 8 heteroatoms. The minimum absolute atomic E-state index is 0.0668. The van der Waals surface area contributed by atoms with E-state index in [1.807, 2.05) is 6.07 Å². The SMILES string of the molecule is CN1C(=N)N[C@H](c2cnc(-c3cncc(Br)c3)s2)CC1=O. The van der Waals surface area contributed by atoms with E-state index in [-0.39, 0.29) is 17.9 Å². The van der Waals surface area contributed by atoms with Gasteiger partial charge in [-0.2, -0.15) is 0 Å². The van der Waals surface area contributed by atoms with Gasteiger partial charge in [0.2, 0.25) is 5.91 Å². The van der Waals surface area contributed by atoms with Crippen LogP contribution in [0.15, 0.2) is 29.1 Å². The highest BCUT2D eigenvalue weighted by atomic mass is 79.9. The van der Waals surface area contributed by atoms with E-state index in [1.165, 1.54) is 16.2 Å². The van der Waals surface area contributed by atoms with Crippen LogP contribution in [0.2, 0.25) is 0 Å². The zero-order chi connectivity index (χ0) is 15.0. The molecule has 1 atom stereocenters. The third-order valence-corrected chi connectivity index (χ3v) is 4.81. The summed E-state index contributed by atoms with van der Waals surface area (Å²) in [5.74, 6) is 0.0538. The molecule has 3 heterocycles. The van der Waals surface area contributed by atoms with E-state index in [9.17, 15) is 4.79 Å². The Hall–Kier alpha value is -1.80. The van der Waals surface area contributed by atoms with Gasteiger partial charge < -0.3 is 5.32 Å². The summed E-state index contributed by atoms with van der Waals surface area (Å²) in [7, 11) is 1.60. The first kappa shape index (κ1) is 14.2. The van der Waals surface area contributed by atoms with E-state index < -0.39 is 0 Å². The number of pyridine rings is 1. The van der Waals surface area contributed by atoms with E-state index in [1.54, 1.807) is 25.6 Å². The highest BCUT2D eigenvalue weighted by Crippen LogP contribution is 2.32. The van der Waals surface area contributed by atoms with Crippen molar-refractivity contribution >= 4 is 39.1 Å². The van der Waals surface area contributed by atoms with Crippen LogP contribution in [-0.2, 0) is 4.79 Å². The van der Waals surface area contributed by atoms with Crippen molar-refractivity contribution in [3.8, 4) is 10.6 Å². The summed E-state index contributed by atoms with van der Waals surface area (Å²) >= 11 is 4.89. The van der Waals surface area contributed by atoms with Gasteiger partial charge in [0.1, 0.15) is 5.01 Å². The number of carbonyl (C=O) groups excluding carboxylic acids is 1. The summed E-state index contributed by atoms with van der Waals surface area (Å²) in [6, 6.07) is 1.76. The number of nitrogens with zero attached hydrogens (tertiary/aromatic N) is 3.